The molecule has 1 heterocycles. The molecule has 1 aliphatic rings. The maximum Gasteiger partial charge on any atom is 0.291 e. The van der Waals surface area contributed by atoms with Crippen molar-refractivity contribution in [1.29, 1.82) is 0 Å². The zero-order valence-corrected chi connectivity index (χ0v) is 17.4. The Morgan fingerprint density at radius 2 is 1.40 bits per heavy atom. The average molecular weight is 468 g/mol. The fraction of sp³-hybridized carbons (Fsp3) is 0.136. The molecular formula is C22H18BrN3O4. The Kier molecular flexibility index (Phi) is 5.67. The Morgan fingerprint density at radius 3 is 1.97 bits per heavy atom. The maximum absolute atomic E-state index is 12.6. The Bertz CT molecular complexity index is 1120. The van der Waals surface area contributed by atoms with Gasteiger partial charge in [0.05, 0.1) is 0 Å². The number of rotatable bonds is 6. The van der Waals surface area contributed by atoms with Gasteiger partial charge < -0.3 is 20.4 Å². The highest BCUT2D eigenvalue weighted by atomic mass is 79.9. The van der Waals surface area contributed by atoms with Crippen LogP contribution in [0.3, 0.4) is 0 Å². The van der Waals surface area contributed by atoms with Crippen molar-refractivity contribution in [3.8, 4) is 0 Å². The van der Waals surface area contributed by atoms with Crippen LogP contribution in [0.1, 0.15) is 44.1 Å². The Morgan fingerprint density at radius 1 is 0.800 bits per heavy atom. The first-order valence-electron chi connectivity index (χ1n) is 9.37. The molecule has 3 amide bonds. The predicted octanol–water partition coefficient (Wildman–Crippen LogP) is 4.44. The first kappa shape index (κ1) is 19.9. The van der Waals surface area contributed by atoms with E-state index < -0.39 is 5.91 Å². The van der Waals surface area contributed by atoms with Crippen molar-refractivity contribution < 1.29 is 18.8 Å². The number of hydrogen-bond donors (Lipinski definition) is 3. The molecule has 3 aromatic rings. The monoisotopic (exact) mass is 467 g/mol. The minimum atomic E-state index is -0.423. The number of anilines is 2. The van der Waals surface area contributed by atoms with Crippen LogP contribution >= 0.6 is 15.9 Å². The van der Waals surface area contributed by atoms with Gasteiger partial charge in [0, 0.05) is 28.5 Å². The zero-order chi connectivity index (χ0) is 21.1. The van der Waals surface area contributed by atoms with Gasteiger partial charge in [-0.05, 0) is 77.3 Å². The van der Waals surface area contributed by atoms with Gasteiger partial charge in [-0.25, -0.2) is 0 Å². The summed E-state index contributed by atoms with van der Waals surface area (Å²) in [5, 5.41) is 8.39. The standard InChI is InChI=1S/C22H18BrN3O4/c23-19-10-9-18(30-19)22(29)26-17-6-2-4-14(12-17)21(28)25-16-5-1-3-13(11-16)20(27)24-15-7-8-15/h1-6,9-12,15H,7-8H2,(H,24,27)(H,25,28)(H,26,29). The molecule has 152 valence electrons. The summed E-state index contributed by atoms with van der Waals surface area (Å²) in [5.41, 5.74) is 1.82. The van der Waals surface area contributed by atoms with E-state index >= 15 is 0 Å². The highest BCUT2D eigenvalue weighted by Crippen LogP contribution is 2.21. The fourth-order valence-electron chi connectivity index (χ4n) is 2.81. The van der Waals surface area contributed by atoms with Crippen molar-refractivity contribution in [2.75, 3.05) is 10.6 Å². The normalized spacial score (nSPS) is 12.8. The van der Waals surface area contributed by atoms with Crippen LogP contribution in [0.4, 0.5) is 11.4 Å². The Balaban J connectivity index is 1.43. The molecule has 0 radical (unpaired) electrons. The van der Waals surface area contributed by atoms with E-state index in [4.69, 9.17) is 4.42 Å². The molecule has 1 aliphatic carbocycles. The molecule has 0 bridgehead atoms. The third kappa shape index (κ3) is 4.96. The van der Waals surface area contributed by atoms with Crippen LogP contribution in [-0.4, -0.2) is 23.8 Å². The van der Waals surface area contributed by atoms with Gasteiger partial charge >= 0.3 is 0 Å². The van der Waals surface area contributed by atoms with Crippen molar-refractivity contribution >= 4 is 45.0 Å². The van der Waals surface area contributed by atoms with Gasteiger partial charge in [0.2, 0.25) is 0 Å². The number of nitrogens with one attached hydrogen (secondary N) is 3. The number of furan rings is 1. The summed E-state index contributed by atoms with van der Waals surface area (Å²) in [6.45, 7) is 0. The van der Waals surface area contributed by atoms with Gasteiger partial charge in [0.25, 0.3) is 17.7 Å². The summed E-state index contributed by atoms with van der Waals surface area (Å²) in [5.74, 6) is -0.778. The van der Waals surface area contributed by atoms with Gasteiger partial charge in [0.15, 0.2) is 10.4 Å². The molecule has 1 saturated carbocycles. The van der Waals surface area contributed by atoms with E-state index in [1.165, 1.54) is 0 Å². The quantitative estimate of drug-likeness (QED) is 0.498. The van der Waals surface area contributed by atoms with Crippen LogP contribution in [0.5, 0.6) is 0 Å². The van der Waals surface area contributed by atoms with E-state index in [0.29, 0.717) is 27.2 Å². The molecule has 3 N–H and O–H groups in total. The lowest BCUT2D eigenvalue weighted by Gasteiger charge is -2.09. The number of carbonyl (C=O) groups is 3. The molecule has 30 heavy (non-hydrogen) atoms. The Labute approximate surface area is 181 Å². The zero-order valence-electron chi connectivity index (χ0n) is 15.8. The van der Waals surface area contributed by atoms with E-state index in [1.807, 2.05) is 0 Å². The van der Waals surface area contributed by atoms with Crippen molar-refractivity contribution in [2.24, 2.45) is 0 Å². The largest absolute Gasteiger partial charge is 0.444 e. The third-order valence-electron chi connectivity index (χ3n) is 4.47. The first-order valence-corrected chi connectivity index (χ1v) is 10.2. The molecule has 0 aliphatic heterocycles. The lowest BCUT2D eigenvalue weighted by Crippen LogP contribution is -2.25. The van der Waals surface area contributed by atoms with E-state index in [9.17, 15) is 14.4 Å². The van der Waals surface area contributed by atoms with Crippen LogP contribution in [0, 0.1) is 0 Å². The summed E-state index contributed by atoms with van der Waals surface area (Å²) in [6, 6.07) is 16.7. The smallest absolute Gasteiger partial charge is 0.291 e. The molecule has 0 unspecified atom stereocenters. The third-order valence-corrected chi connectivity index (χ3v) is 4.90. The average Bonchev–Trinajstić information content (AvgIpc) is 3.44. The topological polar surface area (TPSA) is 100 Å². The van der Waals surface area contributed by atoms with Crippen LogP contribution < -0.4 is 16.0 Å². The van der Waals surface area contributed by atoms with Crippen molar-refractivity contribution in [2.45, 2.75) is 18.9 Å². The Hall–Kier alpha value is -3.39. The second-order valence-electron chi connectivity index (χ2n) is 6.92. The number of benzene rings is 2. The highest BCUT2D eigenvalue weighted by molar-refractivity contribution is 9.10. The molecule has 2 aromatic carbocycles. The van der Waals surface area contributed by atoms with E-state index in [1.54, 1.807) is 60.7 Å². The van der Waals surface area contributed by atoms with Crippen LogP contribution in [0.2, 0.25) is 0 Å². The van der Waals surface area contributed by atoms with E-state index in [2.05, 4.69) is 31.9 Å². The molecule has 8 heteroatoms. The molecule has 4 rings (SSSR count). The second-order valence-corrected chi connectivity index (χ2v) is 7.70. The van der Waals surface area contributed by atoms with Crippen molar-refractivity contribution in [3.63, 3.8) is 0 Å². The van der Waals surface area contributed by atoms with Gasteiger partial charge in [0.1, 0.15) is 0 Å². The maximum atomic E-state index is 12.6. The number of hydrogen-bond acceptors (Lipinski definition) is 4. The van der Waals surface area contributed by atoms with Crippen LogP contribution in [0.15, 0.2) is 69.8 Å². The van der Waals surface area contributed by atoms with E-state index in [-0.39, 0.29) is 23.6 Å². The summed E-state index contributed by atoms with van der Waals surface area (Å²) in [4.78, 5) is 37.1. The lowest BCUT2D eigenvalue weighted by molar-refractivity contribution is 0.0948. The van der Waals surface area contributed by atoms with Gasteiger partial charge in [-0.15, -0.1) is 0 Å². The molecule has 0 spiro atoms. The van der Waals surface area contributed by atoms with Gasteiger partial charge in [-0.2, -0.15) is 0 Å². The summed E-state index contributed by atoms with van der Waals surface area (Å²) < 4.78 is 5.68. The molecule has 0 saturated heterocycles. The number of amides is 3. The molecule has 0 atom stereocenters. The summed E-state index contributed by atoms with van der Waals surface area (Å²) in [7, 11) is 0. The minimum Gasteiger partial charge on any atom is -0.444 e. The predicted molar refractivity (Wildman–Crippen MR) is 116 cm³/mol. The summed E-state index contributed by atoms with van der Waals surface area (Å²) in [6.07, 6.45) is 2.01. The second kappa shape index (κ2) is 8.54. The molecule has 7 nitrogen and oxygen atoms in total. The SMILES string of the molecule is O=C(Nc1cccc(C(=O)NC2CC2)c1)c1cccc(NC(=O)c2ccc(Br)o2)c1. The lowest BCUT2D eigenvalue weighted by atomic mass is 10.1. The van der Waals surface area contributed by atoms with Crippen LogP contribution in [-0.2, 0) is 0 Å². The van der Waals surface area contributed by atoms with E-state index in [0.717, 1.165) is 12.8 Å². The minimum absolute atomic E-state index is 0.150. The first-order chi connectivity index (χ1) is 14.5. The van der Waals surface area contributed by atoms with Crippen LogP contribution in [0.25, 0.3) is 0 Å². The fourth-order valence-corrected chi connectivity index (χ4v) is 3.11. The number of carbonyl (C=O) groups excluding carboxylic acids is 3. The van der Waals surface area contributed by atoms with Gasteiger partial charge in [-0.3, -0.25) is 14.4 Å². The summed E-state index contributed by atoms with van der Waals surface area (Å²) >= 11 is 3.15. The van der Waals surface area contributed by atoms with Crippen molar-refractivity contribution in [3.05, 3.63) is 82.2 Å². The molecule has 1 aromatic heterocycles. The van der Waals surface area contributed by atoms with Gasteiger partial charge in [-0.1, -0.05) is 12.1 Å². The highest BCUT2D eigenvalue weighted by Gasteiger charge is 2.23. The molecular weight excluding hydrogens is 450 g/mol. The number of halogens is 1. The van der Waals surface area contributed by atoms with Crippen molar-refractivity contribution in [1.82, 2.24) is 5.32 Å². The molecule has 1 fully saturated rings.